The molecule has 0 aromatic heterocycles. The van der Waals surface area contributed by atoms with Crippen molar-refractivity contribution in [3.8, 4) is 0 Å². The highest BCUT2D eigenvalue weighted by Gasteiger charge is 2.20. The van der Waals surface area contributed by atoms with Crippen LogP contribution in [0.1, 0.15) is 19.8 Å². The Bertz CT molecular complexity index is 524. The first-order chi connectivity index (χ1) is 8.90. The van der Waals surface area contributed by atoms with Gasteiger partial charge in [0.25, 0.3) is 0 Å². The van der Waals surface area contributed by atoms with Crippen molar-refractivity contribution in [2.24, 2.45) is 5.92 Å². The molecule has 0 aliphatic carbocycles. The molecule has 0 spiro atoms. The van der Waals surface area contributed by atoms with Gasteiger partial charge in [0.05, 0.1) is 0 Å². The second kappa shape index (κ2) is 7.57. The molecular weight excluding hydrogens is 357 g/mol. The molecule has 0 amide bonds. The van der Waals surface area contributed by atoms with Crippen molar-refractivity contribution in [1.29, 1.82) is 0 Å². The van der Waals surface area contributed by atoms with Gasteiger partial charge in [-0.1, -0.05) is 29.3 Å². The summed E-state index contributed by atoms with van der Waals surface area (Å²) in [4.78, 5) is -0.337. The molecule has 19 heavy (non-hydrogen) atoms. The summed E-state index contributed by atoms with van der Waals surface area (Å²) in [5, 5.41) is 0. The van der Waals surface area contributed by atoms with Crippen molar-refractivity contribution in [2.75, 3.05) is 12.4 Å². The summed E-state index contributed by atoms with van der Waals surface area (Å²) < 4.78 is 40.5. The van der Waals surface area contributed by atoms with Gasteiger partial charge in [0.2, 0.25) is 10.0 Å². The van der Waals surface area contributed by atoms with E-state index >= 15 is 0 Å². The average Bonchev–Trinajstić information content (AvgIpc) is 2.34. The fraction of sp³-hybridized carbons (Fsp3) is 0.500. The first kappa shape index (κ1) is 16.9. The van der Waals surface area contributed by atoms with Crippen molar-refractivity contribution in [3.63, 3.8) is 0 Å². The highest BCUT2D eigenvalue weighted by Crippen LogP contribution is 2.19. The summed E-state index contributed by atoms with van der Waals surface area (Å²) >= 11 is 8.73. The smallest absolute Gasteiger partial charge is 0.211 e. The largest absolute Gasteiger partial charge is 0.243 e. The predicted octanol–water partition coefficient (Wildman–Crippen LogP) is 3.52. The van der Waals surface area contributed by atoms with Crippen LogP contribution in [-0.4, -0.2) is 20.8 Å². The molecule has 1 aromatic rings. The lowest BCUT2D eigenvalue weighted by Crippen LogP contribution is -2.30. The summed E-state index contributed by atoms with van der Waals surface area (Å²) in [6.45, 7) is 2.23. The monoisotopic (exact) mass is 371 g/mol. The molecule has 0 saturated heterocycles. The minimum absolute atomic E-state index is 0.158. The van der Waals surface area contributed by atoms with Gasteiger partial charge in [0.15, 0.2) is 0 Å². The topological polar surface area (TPSA) is 46.2 Å². The lowest BCUT2D eigenvalue weighted by atomic mass is 10.0. The quantitative estimate of drug-likeness (QED) is 0.744. The lowest BCUT2D eigenvalue weighted by Gasteiger charge is -2.14. The number of sulfonamides is 1. The van der Waals surface area contributed by atoms with E-state index in [-0.39, 0.29) is 17.4 Å². The van der Waals surface area contributed by atoms with Crippen molar-refractivity contribution >= 4 is 37.6 Å². The van der Waals surface area contributed by atoms with Gasteiger partial charge < -0.3 is 0 Å². The Balaban J connectivity index is 2.81. The maximum absolute atomic E-state index is 13.6. The molecule has 108 valence electrons. The van der Waals surface area contributed by atoms with Crippen molar-refractivity contribution in [3.05, 3.63) is 28.5 Å². The Morgan fingerprint density at radius 3 is 2.68 bits per heavy atom. The Kier molecular flexibility index (Phi) is 6.73. The zero-order valence-electron chi connectivity index (χ0n) is 10.5. The van der Waals surface area contributed by atoms with Gasteiger partial charge in [0, 0.05) is 16.9 Å². The predicted molar refractivity (Wildman–Crippen MR) is 78.4 cm³/mol. The summed E-state index contributed by atoms with van der Waals surface area (Å²) in [7, 11) is -3.82. The van der Waals surface area contributed by atoms with Gasteiger partial charge in [-0.2, -0.15) is 0 Å². The molecule has 0 aliphatic heterocycles. The Morgan fingerprint density at radius 2 is 2.16 bits per heavy atom. The Labute approximate surface area is 126 Å². The van der Waals surface area contributed by atoms with E-state index < -0.39 is 15.8 Å². The van der Waals surface area contributed by atoms with Gasteiger partial charge in [0.1, 0.15) is 10.7 Å². The molecule has 1 rings (SSSR count). The fourth-order valence-corrected chi connectivity index (χ4v) is 3.42. The number of alkyl halides is 1. The number of nitrogens with one attached hydrogen (secondary N) is 1. The highest BCUT2D eigenvalue weighted by atomic mass is 79.9. The molecule has 0 fully saturated rings. The SMILES string of the molecule is CCC(CCCl)CNS(=O)(=O)c1ccc(Br)cc1F. The van der Waals surface area contributed by atoms with E-state index in [1.165, 1.54) is 12.1 Å². The van der Waals surface area contributed by atoms with Crippen LogP contribution in [0.2, 0.25) is 0 Å². The molecule has 1 N–H and O–H groups in total. The summed E-state index contributed by atoms with van der Waals surface area (Å²) in [6.07, 6.45) is 1.54. The molecular formula is C12H16BrClFNO2S. The minimum Gasteiger partial charge on any atom is -0.211 e. The van der Waals surface area contributed by atoms with Crippen LogP contribution in [-0.2, 0) is 10.0 Å². The van der Waals surface area contributed by atoms with Crippen LogP contribution in [0.5, 0.6) is 0 Å². The van der Waals surface area contributed by atoms with Crippen LogP contribution < -0.4 is 4.72 Å². The zero-order chi connectivity index (χ0) is 14.5. The van der Waals surface area contributed by atoms with E-state index in [1.807, 2.05) is 6.92 Å². The zero-order valence-corrected chi connectivity index (χ0v) is 13.7. The maximum atomic E-state index is 13.6. The van der Waals surface area contributed by atoms with E-state index in [1.54, 1.807) is 0 Å². The average molecular weight is 373 g/mol. The maximum Gasteiger partial charge on any atom is 0.243 e. The lowest BCUT2D eigenvalue weighted by molar-refractivity contribution is 0.479. The van der Waals surface area contributed by atoms with E-state index in [2.05, 4.69) is 20.7 Å². The number of benzene rings is 1. The second-order valence-electron chi connectivity index (χ2n) is 4.18. The van der Waals surface area contributed by atoms with Gasteiger partial charge in [-0.05, 0) is 30.5 Å². The van der Waals surface area contributed by atoms with Gasteiger partial charge >= 0.3 is 0 Å². The summed E-state index contributed by atoms with van der Waals surface area (Å²) in [5.74, 6) is -0.134. The van der Waals surface area contributed by atoms with Gasteiger partial charge in [-0.25, -0.2) is 17.5 Å². The van der Waals surface area contributed by atoms with E-state index in [9.17, 15) is 12.8 Å². The van der Waals surface area contributed by atoms with Crippen molar-refractivity contribution in [1.82, 2.24) is 4.72 Å². The normalized spacial score (nSPS) is 13.5. The molecule has 0 bridgehead atoms. The van der Waals surface area contributed by atoms with Crippen LogP contribution in [0.3, 0.4) is 0 Å². The van der Waals surface area contributed by atoms with Crippen molar-refractivity contribution in [2.45, 2.75) is 24.7 Å². The molecule has 0 saturated carbocycles. The van der Waals surface area contributed by atoms with Crippen molar-refractivity contribution < 1.29 is 12.8 Å². The standard InChI is InChI=1S/C12H16BrClFNO2S/c1-2-9(5-6-14)8-16-19(17,18)12-4-3-10(13)7-11(12)15/h3-4,7,9,16H,2,5-6,8H2,1H3. The van der Waals surface area contributed by atoms with Crippen LogP contribution in [0, 0.1) is 11.7 Å². The highest BCUT2D eigenvalue weighted by molar-refractivity contribution is 9.10. The van der Waals surface area contributed by atoms with Crippen LogP contribution in [0.15, 0.2) is 27.6 Å². The van der Waals surface area contributed by atoms with Crippen LogP contribution in [0.4, 0.5) is 4.39 Å². The number of rotatable bonds is 7. The summed E-state index contributed by atoms with van der Waals surface area (Å²) in [6, 6.07) is 3.86. The van der Waals surface area contributed by atoms with E-state index in [0.717, 1.165) is 18.9 Å². The molecule has 7 heteroatoms. The fourth-order valence-electron chi connectivity index (χ4n) is 1.60. The van der Waals surface area contributed by atoms with Crippen LogP contribution >= 0.6 is 27.5 Å². The molecule has 1 unspecified atom stereocenters. The third-order valence-corrected chi connectivity index (χ3v) is 5.01. The number of hydrogen-bond donors (Lipinski definition) is 1. The third kappa shape index (κ3) is 5.02. The summed E-state index contributed by atoms with van der Waals surface area (Å²) in [5.41, 5.74) is 0. The van der Waals surface area contributed by atoms with Crippen LogP contribution in [0.25, 0.3) is 0 Å². The third-order valence-electron chi connectivity index (χ3n) is 2.84. The molecule has 0 aliphatic rings. The molecule has 0 radical (unpaired) electrons. The second-order valence-corrected chi connectivity index (χ2v) is 7.21. The number of hydrogen-bond acceptors (Lipinski definition) is 2. The minimum atomic E-state index is -3.82. The van der Waals surface area contributed by atoms with Gasteiger partial charge in [-0.3, -0.25) is 0 Å². The van der Waals surface area contributed by atoms with E-state index in [4.69, 9.17) is 11.6 Å². The molecule has 0 heterocycles. The van der Waals surface area contributed by atoms with Gasteiger partial charge in [-0.15, -0.1) is 11.6 Å². The number of halogens is 3. The molecule has 3 nitrogen and oxygen atoms in total. The Hall–Kier alpha value is -0.170. The Morgan fingerprint density at radius 1 is 1.47 bits per heavy atom. The first-order valence-electron chi connectivity index (χ1n) is 5.91. The molecule has 1 aromatic carbocycles. The van der Waals surface area contributed by atoms with E-state index in [0.29, 0.717) is 10.4 Å². The molecule has 1 atom stereocenters. The first-order valence-corrected chi connectivity index (χ1v) is 8.72.